The summed E-state index contributed by atoms with van der Waals surface area (Å²) in [6.07, 6.45) is 3.80. The van der Waals surface area contributed by atoms with Crippen LogP contribution in [-0.4, -0.2) is 39.9 Å². The molecule has 0 aliphatic carbocycles. The number of aromatic carboxylic acids is 1. The number of aromatic nitrogens is 1. The fourth-order valence-electron chi connectivity index (χ4n) is 2.29. The second-order valence-corrected chi connectivity index (χ2v) is 5.02. The van der Waals surface area contributed by atoms with Crippen molar-refractivity contribution in [3.05, 3.63) is 23.9 Å². The highest BCUT2D eigenvalue weighted by molar-refractivity contribution is 5.93. The molecule has 5 heteroatoms. The number of carbonyl (C=O) groups is 1. The third kappa shape index (κ3) is 2.79. The zero-order valence-electron chi connectivity index (χ0n) is 10.5. The van der Waals surface area contributed by atoms with Crippen LogP contribution in [0.5, 0.6) is 0 Å². The molecule has 2 rings (SSSR count). The van der Waals surface area contributed by atoms with Crippen molar-refractivity contribution in [1.82, 2.24) is 4.98 Å². The molecule has 0 amide bonds. The lowest BCUT2D eigenvalue weighted by molar-refractivity contribution is 0.0481. The smallest absolute Gasteiger partial charge is 0.339 e. The van der Waals surface area contributed by atoms with E-state index in [2.05, 4.69) is 4.98 Å². The zero-order chi connectivity index (χ0) is 13.2. The first-order valence-electron chi connectivity index (χ1n) is 6.15. The second kappa shape index (κ2) is 4.94. The molecular formula is C13H18N2O3. The lowest BCUT2D eigenvalue weighted by atomic mass is 9.98. The summed E-state index contributed by atoms with van der Waals surface area (Å²) in [6, 6.07) is 3.19. The Balaban J connectivity index is 2.24. The fraction of sp³-hybridized carbons (Fsp3) is 0.538. The van der Waals surface area contributed by atoms with E-state index < -0.39 is 11.6 Å². The molecule has 0 spiro atoms. The third-order valence-corrected chi connectivity index (χ3v) is 3.38. The maximum absolute atomic E-state index is 11.2. The first-order valence-corrected chi connectivity index (χ1v) is 6.15. The molecule has 2 N–H and O–H groups in total. The first-order chi connectivity index (χ1) is 8.49. The van der Waals surface area contributed by atoms with Crippen LogP contribution in [0, 0.1) is 0 Å². The molecule has 98 valence electrons. The minimum absolute atomic E-state index is 0.221. The molecule has 0 aromatic carbocycles. The second-order valence-electron chi connectivity index (χ2n) is 5.02. The van der Waals surface area contributed by atoms with Gasteiger partial charge in [0.2, 0.25) is 0 Å². The molecule has 1 aliphatic heterocycles. The standard InChI is InChI=1S/C13H18N2O3/c1-13(18)5-3-8-15(9-6-13)11-10(12(16)17)4-2-7-14-11/h2,4,7,18H,3,5-6,8-9H2,1H3,(H,16,17). The molecule has 0 radical (unpaired) electrons. The molecule has 5 nitrogen and oxygen atoms in total. The van der Waals surface area contributed by atoms with Gasteiger partial charge in [-0.25, -0.2) is 9.78 Å². The molecule has 2 heterocycles. The van der Waals surface area contributed by atoms with E-state index in [-0.39, 0.29) is 5.56 Å². The van der Waals surface area contributed by atoms with E-state index in [1.165, 1.54) is 0 Å². The van der Waals surface area contributed by atoms with Gasteiger partial charge in [-0.1, -0.05) is 0 Å². The van der Waals surface area contributed by atoms with Crippen molar-refractivity contribution >= 4 is 11.8 Å². The third-order valence-electron chi connectivity index (χ3n) is 3.38. The predicted octanol–water partition coefficient (Wildman–Crippen LogP) is 1.52. The predicted molar refractivity (Wildman–Crippen MR) is 67.9 cm³/mol. The highest BCUT2D eigenvalue weighted by Crippen LogP contribution is 2.26. The van der Waals surface area contributed by atoms with Crippen molar-refractivity contribution in [2.75, 3.05) is 18.0 Å². The van der Waals surface area contributed by atoms with Gasteiger partial charge in [-0.3, -0.25) is 0 Å². The maximum atomic E-state index is 11.2. The summed E-state index contributed by atoms with van der Waals surface area (Å²) in [6.45, 7) is 3.19. The number of nitrogens with zero attached hydrogens (tertiary/aromatic N) is 2. The topological polar surface area (TPSA) is 73.7 Å². The summed E-state index contributed by atoms with van der Waals surface area (Å²) in [4.78, 5) is 17.3. The molecule has 1 atom stereocenters. The molecule has 18 heavy (non-hydrogen) atoms. The largest absolute Gasteiger partial charge is 0.478 e. The maximum Gasteiger partial charge on any atom is 0.339 e. The van der Waals surface area contributed by atoms with E-state index in [1.54, 1.807) is 18.3 Å². The van der Waals surface area contributed by atoms with Crippen molar-refractivity contribution in [3.8, 4) is 0 Å². The van der Waals surface area contributed by atoms with Gasteiger partial charge < -0.3 is 15.1 Å². The summed E-state index contributed by atoms with van der Waals surface area (Å²) < 4.78 is 0. The monoisotopic (exact) mass is 250 g/mol. The van der Waals surface area contributed by atoms with E-state index in [4.69, 9.17) is 5.11 Å². The minimum Gasteiger partial charge on any atom is -0.478 e. The van der Waals surface area contributed by atoms with Crippen LogP contribution in [0.4, 0.5) is 5.82 Å². The molecule has 1 fully saturated rings. The van der Waals surface area contributed by atoms with Crippen LogP contribution in [0.25, 0.3) is 0 Å². The molecule has 1 unspecified atom stereocenters. The van der Waals surface area contributed by atoms with Crippen LogP contribution in [0.15, 0.2) is 18.3 Å². The summed E-state index contributed by atoms with van der Waals surface area (Å²) in [5.41, 5.74) is -0.438. The van der Waals surface area contributed by atoms with Crippen LogP contribution >= 0.6 is 0 Å². The van der Waals surface area contributed by atoms with Crippen LogP contribution in [0.1, 0.15) is 36.5 Å². The van der Waals surface area contributed by atoms with E-state index in [0.29, 0.717) is 18.8 Å². The van der Waals surface area contributed by atoms with Gasteiger partial charge in [-0.15, -0.1) is 0 Å². The highest BCUT2D eigenvalue weighted by Gasteiger charge is 2.27. The number of carboxylic acids is 1. The Morgan fingerprint density at radius 1 is 1.44 bits per heavy atom. The summed E-state index contributed by atoms with van der Waals surface area (Å²) in [5.74, 6) is -0.461. The van der Waals surface area contributed by atoms with Crippen molar-refractivity contribution in [1.29, 1.82) is 0 Å². The summed E-state index contributed by atoms with van der Waals surface area (Å²) in [7, 11) is 0. The number of carboxylic acid groups (broad SMARTS) is 1. The molecule has 0 bridgehead atoms. The van der Waals surface area contributed by atoms with Gasteiger partial charge in [0.1, 0.15) is 11.4 Å². The van der Waals surface area contributed by atoms with Crippen LogP contribution in [-0.2, 0) is 0 Å². The Kier molecular flexibility index (Phi) is 3.52. The van der Waals surface area contributed by atoms with Gasteiger partial charge >= 0.3 is 5.97 Å². The molecule has 1 aliphatic rings. The molecule has 1 aromatic rings. The minimum atomic E-state index is -0.964. The van der Waals surface area contributed by atoms with Crippen LogP contribution < -0.4 is 4.90 Å². The number of aliphatic hydroxyl groups is 1. The van der Waals surface area contributed by atoms with Gasteiger partial charge in [-0.2, -0.15) is 0 Å². The van der Waals surface area contributed by atoms with Crippen molar-refractivity contribution < 1.29 is 15.0 Å². The molecule has 1 saturated heterocycles. The molecule has 0 saturated carbocycles. The van der Waals surface area contributed by atoms with Crippen molar-refractivity contribution in [2.45, 2.75) is 31.8 Å². The van der Waals surface area contributed by atoms with Gasteiger partial charge in [0.15, 0.2) is 0 Å². The Labute approximate surface area is 106 Å². The van der Waals surface area contributed by atoms with Crippen molar-refractivity contribution in [3.63, 3.8) is 0 Å². The van der Waals surface area contributed by atoms with E-state index in [0.717, 1.165) is 19.4 Å². The zero-order valence-corrected chi connectivity index (χ0v) is 10.5. The quantitative estimate of drug-likeness (QED) is 0.832. The normalized spacial score (nSPS) is 24.7. The van der Waals surface area contributed by atoms with Crippen LogP contribution in [0.3, 0.4) is 0 Å². The summed E-state index contributed by atoms with van der Waals surface area (Å²) >= 11 is 0. The Hall–Kier alpha value is -1.62. The average molecular weight is 250 g/mol. The van der Waals surface area contributed by atoms with E-state index in [9.17, 15) is 9.90 Å². The van der Waals surface area contributed by atoms with E-state index >= 15 is 0 Å². The van der Waals surface area contributed by atoms with Crippen molar-refractivity contribution in [2.24, 2.45) is 0 Å². The average Bonchev–Trinajstić information content (AvgIpc) is 2.50. The SMILES string of the molecule is CC1(O)CCCN(c2ncccc2C(=O)O)CC1. The first kappa shape index (κ1) is 12.8. The van der Waals surface area contributed by atoms with Gasteiger partial charge in [-0.05, 0) is 38.3 Å². The van der Waals surface area contributed by atoms with Crippen LogP contribution in [0.2, 0.25) is 0 Å². The lowest BCUT2D eigenvalue weighted by Crippen LogP contribution is -2.29. The number of pyridine rings is 1. The van der Waals surface area contributed by atoms with Gasteiger partial charge in [0.05, 0.1) is 5.60 Å². The van der Waals surface area contributed by atoms with Gasteiger partial charge in [0.25, 0.3) is 0 Å². The Bertz CT molecular complexity index is 446. The Morgan fingerprint density at radius 2 is 2.22 bits per heavy atom. The van der Waals surface area contributed by atoms with E-state index in [1.807, 2.05) is 11.8 Å². The lowest BCUT2D eigenvalue weighted by Gasteiger charge is -2.24. The Morgan fingerprint density at radius 3 is 2.94 bits per heavy atom. The molecular weight excluding hydrogens is 232 g/mol. The summed E-state index contributed by atoms with van der Waals surface area (Å²) in [5, 5.41) is 19.2. The molecule has 1 aromatic heterocycles. The fourth-order valence-corrected chi connectivity index (χ4v) is 2.29. The van der Waals surface area contributed by atoms with Gasteiger partial charge in [0, 0.05) is 19.3 Å². The highest BCUT2D eigenvalue weighted by atomic mass is 16.4. The number of rotatable bonds is 2. The number of hydrogen-bond donors (Lipinski definition) is 2. The number of anilines is 1. The number of hydrogen-bond acceptors (Lipinski definition) is 4.